The zero-order valence-corrected chi connectivity index (χ0v) is 10.7. The normalized spacial score (nSPS) is 17.1. The van der Waals surface area contributed by atoms with E-state index in [4.69, 9.17) is 4.74 Å². The summed E-state index contributed by atoms with van der Waals surface area (Å²) < 4.78 is 5.41. The third-order valence-corrected chi connectivity index (χ3v) is 3.35. The minimum atomic E-state index is -0.316. The Bertz CT molecular complexity index is 595. The highest BCUT2D eigenvalue weighted by Crippen LogP contribution is 2.32. The number of benzene rings is 2. The van der Waals surface area contributed by atoms with Crippen LogP contribution in [-0.4, -0.2) is 12.1 Å². The minimum Gasteiger partial charge on any atom is -0.410 e. The molecule has 3 rings (SSSR count). The molecule has 1 amide bonds. The van der Waals surface area contributed by atoms with E-state index in [0.29, 0.717) is 5.75 Å². The van der Waals surface area contributed by atoms with Gasteiger partial charge >= 0.3 is 6.09 Å². The van der Waals surface area contributed by atoms with E-state index in [1.54, 1.807) is 17.0 Å². The van der Waals surface area contributed by atoms with E-state index in [1.807, 2.05) is 43.3 Å². The zero-order chi connectivity index (χ0) is 13.2. The fourth-order valence-electron chi connectivity index (χ4n) is 2.48. The molecule has 1 heterocycles. The first-order valence-electron chi connectivity index (χ1n) is 6.39. The summed E-state index contributed by atoms with van der Waals surface area (Å²) in [5.74, 6) is 0.573. The van der Waals surface area contributed by atoms with Gasteiger partial charge in [-0.3, -0.25) is 4.90 Å². The van der Waals surface area contributed by atoms with Crippen molar-refractivity contribution in [1.29, 1.82) is 0 Å². The largest absolute Gasteiger partial charge is 0.420 e. The molecule has 0 fully saturated rings. The van der Waals surface area contributed by atoms with E-state index in [1.165, 1.54) is 5.56 Å². The van der Waals surface area contributed by atoms with Gasteiger partial charge in [-0.15, -0.1) is 0 Å². The Morgan fingerprint density at radius 1 is 1.11 bits per heavy atom. The van der Waals surface area contributed by atoms with Crippen molar-refractivity contribution >= 4 is 11.8 Å². The molecule has 0 N–H and O–H groups in total. The topological polar surface area (TPSA) is 29.5 Å². The lowest BCUT2D eigenvalue weighted by Gasteiger charge is -2.21. The molecule has 0 aliphatic carbocycles. The highest BCUT2D eigenvalue weighted by molar-refractivity contribution is 5.92. The molecule has 96 valence electrons. The first kappa shape index (κ1) is 11.8. The van der Waals surface area contributed by atoms with Crippen LogP contribution in [0.4, 0.5) is 10.5 Å². The van der Waals surface area contributed by atoms with Crippen molar-refractivity contribution in [1.82, 2.24) is 0 Å². The Kier molecular flexibility index (Phi) is 2.95. The van der Waals surface area contributed by atoms with Gasteiger partial charge in [0.2, 0.25) is 0 Å². The van der Waals surface area contributed by atoms with E-state index in [-0.39, 0.29) is 12.1 Å². The van der Waals surface area contributed by atoms with Gasteiger partial charge in [-0.05, 0) is 37.1 Å². The molecule has 0 unspecified atom stereocenters. The highest BCUT2D eigenvalue weighted by atomic mass is 16.6. The van der Waals surface area contributed by atoms with Crippen molar-refractivity contribution in [2.24, 2.45) is 0 Å². The van der Waals surface area contributed by atoms with E-state index in [0.717, 1.165) is 12.1 Å². The van der Waals surface area contributed by atoms with E-state index in [9.17, 15) is 4.79 Å². The van der Waals surface area contributed by atoms with E-state index in [2.05, 4.69) is 6.07 Å². The maximum Gasteiger partial charge on any atom is 0.420 e. The van der Waals surface area contributed by atoms with Gasteiger partial charge in [0, 0.05) is 6.04 Å². The van der Waals surface area contributed by atoms with Crippen LogP contribution >= 0.6 is 0 Å². The second kappa shape index (κ2) is 4.76. The lowest BCUT2D eigenvalue weighted by Crippen LogP contribution is -2.37. The summed E-state index contributed by atoms with van der Waals surface area (Å²) in [5, 5.41) is 0. The van der Waals surface area contributed by atoms with Gasteiger partial charge in [0.1, 0.15) is 5.75 Å². The summed E-state index contributed by atoms with van der Waals surface area (Å²) in [7, 11) is 0. The summed E-state index contributed by atoms with van der Waals surface area (Å²) in [6.45, 7) is 2.03. The molecule has 0 saturated carbocycles. The number of carbonyl (C=O) groups excluding carboxylic acids is 1. The Hall–Kier alpha value is -2.29. The van der Waals surface area contributed by atoms with Crippen LogP contribution in [0.15, 0.2) is 54.6 Å². The third-order valence-electron chi connectivity index (χ3n) is 3.35. The van der Waals surface area contributed by atoms with Gasteiger partial charge < -0.3 is 4.74 Å². The first-order chi connectivity index (χ1) is 9.25. The first-order valence-corrected chi connectivity index (χ1v) is 6.39. The van der Waals surface area contributed by atoms with Crippen LogP contribution in [0.2, 0.25) is 0 Å². The van der Waals surface area contributed by atoms with Crippen LogP contribution in [-0.2, 0) is 6.42 Å². The SMILES string of the molecule is C[C@H]1Cc2ccccc2N1C(=O)Oc1ccccc1. The van der Waals surface area contributed by atoms with Crippen LogP contribution < -0.4 is 9.64 Å². The second-order valence-corrected chi connectivity index (χ2v) is 4.73. The minimum absolute atomic E-state index is 0.133. The molecule has 0 aromatic heterocycles. The number of anilines is 1. The lowest BCUT2D eigenvalue weighted by atomic mass is 10.1. The van der Waals surface area contributed by atoms with Crippen molar-refractivity contribution in [3.05, 3.63) is 60.2 Å². The summed E-state index contributed by atoms with van der Waals surface area (Å²) in [5.41, 5.74) is 2.15. The van der Waals surface area contributed by atoms with Gasteiger partial charge in [-0.2, -0.15) is 0 Å². The maximum absolute atomic E-state index is 12.3. The number of carbonyl (C=O) groups is 1. The standard InChI is InChI=1S/C16H15NO2/c1-12-11-13-7-5-6-10-15(13)17(12)16(18)19-14-8-3-2-4-9-14/h2-10,12H,11H2,1H3/t12-/m0/s1. The number of amides is 1. The molecule has 0 bridgehead atoms. The molecule has 0 spiro atoms. The highest BCUT2D eigenvalue weighted by Gasteiger charge is 2.31. The van der Waals surface area contributed by atoms with Gasteiger partial charge in [-0.25, -0.2) is 4.79 Å². The molecule has 1 aliphatic rings. The molecule has 2 aromatic carbocycles. The second-order valence-electron chi connectivity index (χ2n) is 4.73. The Morgan fingerprint density at radius 2 is 1.79 bits per heavy atom. The molecule has 1 aliphatic heterocycles. The van der Waals surface area contributed by atoms with Gasteiger partial charge in [0.15, 0.2) is 0 Å². The lowest BCUT2D eigenvalue weighted by molar-refractivity contribution is 0.206. The Morgan fingerprint density at radius 3 is 2.58 bits per heavy atom. The number of fused-ring (bicyclic) bond motifs is 1. The molecular weight excluding hydrogens is 238 g/mol. The van der Waals surface area contributed by atoms with Crippen LogP contribution in [0, 0.1) is 0 Å². The van der Waals surface area contributed by atoms with Crippen LogP contribution in [0.5, 0.6) is 5.75 Å². The van der Waals surface area contributed by atoms with Gasteiger partial charge in [-0.1, -0.05) is 36.4 Å². The van der Waals surface area contributed by atoms with Crippen molar-refractivity contribution in [3.8, 4) is 5.75 Å². The Balaban J connectivity index is 1.84. The van der Waals surface area contributed by atoms with Crippen molar-refractivity contribution < 1.29 is 9.53 Å². The van der Waals surface area contributed by atoms with E-state index < -0.39 is 0 Å². The van der Waals surface area contributed by atoms with Crippen molar-refractivity contribution in [2.75, 3.05) is 4.90 Å². The maximum atomic E-state index is 12.3. The monoisotopic (exact) mass is 253 g/mol. The molecule has 3 heteroatoms. The quantitative estimate of drug-likeness (QED) is 0.776. The fourth-order valence-corrected chi connectivity index (χ4v) is 2.48. The molecule has 3 nitrogen and oxygen atoms in total. The smallest absolute Gasteiger partial charge is 0.410 e. The number of ether oxygens (including phenoxy) is 1. The zero-order valence-electron chi connectivity index (χ0n) is 10.7. The number of nitrogens with zero attached hydrogens (tertiary/aromatic N) is 1. The predicted molar refractivity (Wildman–Crippen MR) is 74.6 cm³/mol. The fraction of sp³-hybridized carbons (Fsp3) is 0.188. The van der Waals surface area contributed by atoms with Crippen molar-refractivity contribution in [3.63, 3.8) is 0 Å². The molecular formula is C16H15NO2. The average molecular weight is 253 g/mol. The predicted octanol–water partition coefficient (Wildman–Crippen LogP) is 3.64. The van der Waals surface area contributed by atoms with Crippen LogP contribution in [0.1, 0.15) is 12.5 Å². The van der Waals surface area contributed by atoms with Crippen molar-refractivity contribution in [2.45, 2.75) is 19.4 Å². The Labute approximate surface area is 112 Å². The number of rotatable bonds is 1. The summed E-state index contributed by atoms with van der Waals surface area (Å²) in [6, 6.07) is 17.3. The number of hydrogen-bond donors (Lipinski definition) is 0. The summed E-state index contributed by atoms with van der Waals surface area (Å²) in [4.78, 5) is 14.0. The molecule has 1 atom stereocenters. The molecule has 0 radical (unpaired) electrons. The van der Waals surface area contributed by atoms with Crippen LogP contribution in [0.3, 0.4) is 0 Å². The van der Waals surface area contributed by atoms with Gasteiger partial charge in [0.25, 0.3) is 0 Å². The summed E-state index contributed by atoms with van der Waals surface area (Å²) in [6.07, 6.45) is 0.559. The molecule has 19 heavy (non-hydrogen) atoms. The number of para-hydroxylation sites is 2. The average Bonchev–Trinajstić information content (AvgIpc) is 2.75. The third kappa shape index (κ3) is 2.19. The van der Waals surface area contributed by atoms with E-state index >= 15 is 0 Å². The van der Waals surface area contributed by atoms with Crippen LogP contribution in [0.25, 0.3) is 0 Å². The summed E-state index contributed by atoms with van der Waals surface area (Å²) >= 11 is 0. The molecule has 0 saturated heterocycles. The number of hydrogen-bond acceptors (Lipinski definition) is 2. The molecule has 2 aromatic rings. The van der Waals surface area contributed by atoms with Gasteiger partial charge in [0.05, 0.1) is 5.69 Å².